The highest BCUT2D eigenvalue weighted by atomic mass is 35.5. The van der Waals surface area contributed by atoms with Gasteiger partial charge in [-0.3, -0.25) is 4.79 Å². The van der Waals surface area contributed by atoms with Crippen molar-refractivity contribution in [3.63, 3.8) is 0 Å². The summed E-state index contributed by atoms with van der Waals surface area (Å²) in [7, 11) is 0. The Kier molecular flexibility index (Phi) is 5.91. The van der Waals surface area contributed by atoms with Crippen molar-refractivity contribution in [3.05, 3.63) is 88.2 Å². The average Bonchev–Trinajstić information content (AvgIpc) is 3.05. The summed E-state index contributed by atoms with van der Waals surface area (Å²) in [6.07, 6.45) is -0.983. The molecule has 0 fully saturated rings. The first kappa shape index (κ1) is 20.9. The monoisotopic (exact) mass is 436 g/mol. The predicted octanol–water partition coefficient (Wildman–Crippen LogP) is 5.10. The molecule has 31 heavy (non-hydrogen) atoms. The molecule has 1 aliphatic rings. The van der Waals surface area contributed by atoms with Crippen molar-refractivity contribution in [3.8, 4) is 11.1 Å². The van der Waals surface area contributed by atoms with Crippen LogP contribution in [-0.4, -0.2) is 28.8 Å². The van der Waals surface area contributed by atoms with E-state index in [-0.39, 0.29) is 24.1 Å². The summed E-state index contributed by atoms with van der Waals surface area (Å²) in [5, 5.41) is 12.2. The zero-order chi connectivity index (χ0) is 22.0. The molecule has 2 aromatic carbocycles. The maximum absolute atomic E-state index is 12.6. The molecule has 0 saturated carbocycles. The van der Waals surface area contributed by atoms with Crippen molar-refractivity contribution in [2.75, 3.05) is 6.61 Å². The number of nitrogens with one attached hydrogen (secondary N) is 1. The summed E-state index contributed by atoms with van der Waals surface area (Å²) in [6.45, 7) is 1.90. The number of ether oxygens (including phenoxy) is 1. The van der Waals surface area contributed by atoms with Crippen LogP contribution in [0.15, 0.2) is 60.7 Å². The van der Waals surface area contributed by atoms with E-state index in [0.29, 0.717) is 11.3 Å². The Balaban J connectivity index is 1.49. The topological polar surface area (TPSA) is 88.5 Å². The SMILES string of the molecule is Cc1cc(C(CC(=O)O)NC(=O)OCC2c3ccccc3-c3ccccc32)cc(Cl)n1. The Morgan fingerprint density at radius 3 is 2.29 bits per heavy atom. The highest BCUT2D eigenvalue weighted by Gasteiger charge is 2.29. The van der Waals surface area contributed by atoms with Gasteiger partial charge in [-0.1, -0.05) is 60.1 Å². The molecule has 7 heteroatoms. The van der Waals surface area contributed by atoms with Crippen molar-refractivity contribution >= 4 is 23.7 Å². The van der Waals surface area contributed by atoms with Gasteiger partial charge in [-0.25, -0.2) is 9.78 Å². The third kappa shape index (κ3) is 4.54. The molecule has 4 rings (SSSR count). The zero-order valence-corrected chi connectivity index (χ0v) is 17.6. The molecule has 1 aliphatic carbocycles. The molecular formula is C24H21ClN2O4. The number of benzene rings is 2. The van der Waals surface area contributed by atoms with Gasteiger partial charge in [0.25, 0.3) is 0 Å². The second kappa shape index (κ2) is 8.78. The quantitative estimate of drug-likeness (QED) is 0.525. The number of hydrogen-bond acceptors (Lipinski definition) is 4. The number of carboxylic acid groups (broad SMARTS) is 1. The van der Waals surface area contributed by atoms with Gasteiger partial charge in [-0.05, 0) is 46.9 Å². The number of hydrogen-bond donors (Lipinski definition) is 2. The van der Waals surface area contributed by atoms with E-state index in [1.165, 1.54) is 0 Å². The van der Waals surface area contributed by atoms with Crippen LogP contribution in [0.1, 0.15) is 40.8 Å². The molecule has 1 aromatic heterocycles. The third-order valence-electron chi connectivity index (χ3n) is 5.36. The van der Waals surface area contributed by atoms with E-state index in [1.54, 1.807) is 19.1 Å². The number of amides is 1. The Hall–Kier alpha value is -3.38. The molecule has 1 heterocycles. The number of carbonyl (C=O) groups is 2. The minimum absolute atomic E-state index is 0.0753. The highest BCUT2D eigenvalue weighted by Crippen LogP contribution is 2.44. The van der Waals surface area contributed by atoms with Crippen LogP contribution in [0.25, 0.3) is 11.1 Å². The number of carboxylic acids is 1. The number of fused-ring (bicyclic) bond motifs is 3. The molecule has 1 unspecified atom stereocenters. The molecule has 0 bridgehead atoms. The van der Waals surface area contributed by atoms with Gasteiger partial charge in [-0.2, -0.15) is 0 Å². The molecule has 0 radical (unpaired) electrons. The second-order valence-corrected chi connectivity index (χ2v) is 7.87. The number of aromatic nitrogens is 1. The Bertz CT molecular complexity index is 1080. The van der Waals surface area contributed by atoms with Crippen molar-refractivity contribution < 1.29 is 19.4 Å². The average molecular weight is 437 g/mol. The highest BCUT2D eigenvalue weighted by molar-refractivity contribution is 6.29. The standard InChI is InChI=1S/C24H21ClN2O4/c1-14-10-15(11-22(25)26-14)21(12-23(28)29)27-24(30)31-13-20-18-8-4-2-6-16(18)17-7-3-5-9-19(17)20/h2-11,20-21H,12-13H2,1H3,(H,27,30)(H,28,29). The fourth-order valence-electron chi connectivity index (χ4n) is 4.06. The third-order valence-corrected chi connectivity index (χ3v) is 5.55. The van der Waals surface area contributed by atoms with Gasteiger partial charge >= 0.3 is 12.1 Å². The fourth-order valence-corrected chi connectivity index (χ4v) is 4.32. The number of nitrogens with zero attached hydrogens (tertiary/aromatic N) is 1. The summed E-state index contributed by atoms with van der Waals surface area (Å²) in [5.74, 6) is -1.12. The van der Waals surface area contributed by atoms with Gasteiger partial charge in [0, 0.05) is 11.6 Å². The van der Waals surface area contributed by atoms with Crippen molar-refractivity contribution in [1.82, 2.24) is 10.3 Å². The molecule has 1 amide bonds. The van der Waals surface area contributed by atoms with E-state index >= 15 is 0 Å². The summed E-state index contributed by atoms with van der Waals surface area (Å²) >= 11 is 6.01. The van der Waals surface area contributed by atoms with Gasteiger partial charge in [0.15, 0.2) is 0 Å². The summed E-state index contributed by atoms with van der Waals surface area (Å²) in [5.41, 5.74) is 5.68. The smallest absolute Gasteiger partial charge is 0.407 e. The maximum Gasteiger partial charge on any atom is 0.407 e. The van der Waals surface area contributed by atoms with Crippen molar-refractivity contribution in [1.29, 1.82) is 0 Å². The van der Waals surface area contributed by atoms with E-state index in [4.69, 9.17) is 16.3 Å². The number of carbonyl (C=O) groups excluding carboxylic acids is 1. The fraction of sp³-hybridized carbons (Fsp3) is 0.208. The van der Waals surface area contributed by atoms with Crippen LogP contribution < -0.4 is 5.32 Å². The molecule has 6 nitrogen and oxygen atoms in total. The van der Waals surface area contributed by atoms with Gasteiger partial charge < -0.3 is 15.2 Å². The largest absolute Gasteiger partial charge is 0.481 e. The number of aliphatic carboxylic acids is 1. The van der Waals surface area contributed by atoms with Crippen LogP contribution in [0, 0.1) is 6.92 Å². The lowest BCUT2D eigenvalue weighted by Crippen LogP contribution is -2.31. The second-order valence-electron chi connectivity index (χ2n) is 7.48. The number of alkyl carbamates (subject to hydrolysis) is 1. The van der Waals surface area contributed by atoms with Crippen LogP contribution in [0.2, 0.25) is 5.15 Å². The van der Waals surface area contributed by atoms with Gasteiger partial charge in [0.2, 0.25) is 0 Å². The Morgan fingerprint density at radius 1 is 1.10 bits per heavy atom. The van der Waals surface area contributed by atoms with Crippen molar-refractivity contribution in [2.24, 2.45) is 0 Å². The number of pyridine rings is 1. The minimum atomic E-state index is -1.05. The van der Waals surface area contributed by atoms with E-state index in [9.17, 15) is 14.7 Å². The molecule has 0 saturated heterocycles. The van der Waals surface area contributed by atoms with E-state index in [2.05, 4.69) is 22.4 Å². The molecule has 0 spiro atoms. The number of aryl methyl sites for hydroxylation is 1. The van der Waals surface area contributed by atoms with Crippen LogP contribution in [-0.2, 0) is 9.53 Å². The predicted molar refractivity (Wildman–Crippen MR) is 117 cm³/mol. The van der Waals surface area contributed by atoms with Gasteiger partial charge in [0.1, 0.15) is 11.8 Å². The molecule has 0 aliphatic heterocycles. The Labute approximate surface area is 184 Å². The first-order chi connectivity index (χ1) is 14.9. The first-order valence-corrected chi connectivity index (χ1v) is 10.3. The lowest BCUT2D eigenvalue weighted by Gasteiger charge is -2.19. The summed E-state index contributed by atoms with van der Waals surface area (Å²) < 4.78 is 5.54. The summed E-state index contributed by atoms with van der Waals surface area (Å²) in [6, 6.07) is 18.6. The molecule has 1 atom stereocenters. The van der Waals surface area contributed by atoms with E-state index in [0.717, 1.165) is 22.3 Å². The molecule has 2 N–H and O–H groups in total. The van der Waals surface area contributed by atoms with E-state index < -0.39 is 18.1 Å². The number of halogens is 1. The van der Waals surface area contributed by atoms with Crippen LogP contribution in [0.4, 0.5) is 4.79 Å². The zero-order valence-electron chi connectivity index (χ0n) is 16.8. The van der Waals surface area contributed by atoms with Crippen LogP contribution in [0.5, 0.6) is 0 Å². The van der Waals surface area contributed by atoms with Gasteiger partial charge in [0.05, 0.1) is 12.5 Å². The van der Waals surface area contributed by atoms with Crippen LogP contribution >= 0.6 is 11.6 Å². The van der Waals surface area contributed by atoms with Crippen molar-refractivity contribution in [2.45, 2.75) is 25.3 Å². The maximum atomic E-state index is 12.6. The van der Waals surface area contributed by atoms with Crippen LogP contribution in [0.3, 0.4) is 0 Å². The number of rotatable bonds is 6. The minimum Gasteiger partial charge on any atom is -0.481 e. The van der Waals surface area contributed by atoms with Gasteiger partial charge in [-0.15, -0.1) is 0 Å². The molecule has 158 valence electrons. The Morgan fingerprint density at radius 2 is 1.71 bits per heavy atom. The molecule has 3 aromatic rings. The summed E-state index contributed by atoms with van der Waals surface area (Å²) in [4.78, 5) is 28.0. The molecular weight excluding hydrogens is 416 g/mol. The lowest BCUT2D eigenvalue weighted by molar-refractivity contribution is -0.137. The normalized spacial score (nSPS) is 13.2. The lowest BCUT2D eigenvalue weighted by atomic mass is 9.98. The first-order valence-electron chi connectivity index (χ1n) is 9.90. The van der Waals surface area contributed by atoms with E-state index in [1.807, 2.05) is 36.4 Å².